The Kier molecular flexibility index (Phi) is 8.83. The Morgan fingerprint density at radius 3 is 2.76 bits per heavy atom. The van der Waals surface area contributed by atoms with Gasteiger partial charge in [0.1, 0.15) is 5.65 Å². The number of carbonyl (C=O) groups excluding carboxylic acids is 1. The number of nitrogens with zero attached hydrogens (tertiary/aromatic N) is 2. The molecule has 1 aromatic carbocycles. The summed E-state index contributed by atoms with van der Waals surface area (Å²) < 4.78 is 2.03. The van der Waals surface area contributed by atoms with Crippen molar-refractivity contribution in [3.63, 3.8) is 0 Å². The zero-order valence-corrected chi connectivity index (χ0v) is 18.7. The molecule has 1 aliphatic rings. The molecule has 3 heterocycles. The van der Waals surface area contributed by atoms with E-state index in [-0.39, 0.29) is 36.8 Å². The fourth-order valence-electron chi connectivity index (χ4n) is 3.40. The highest BCUT2D eigenvalue weighted by molar-refractivity contribution is 7.98. The lowest BCUT2D eigenvalue weighted by molar-refractivity contribution is 0.0914. The highest BCUT2D eigenvalue weighted by Crippen LogP contribution is 2.23. The summed E-state index contributed by atoms with van der Waals surface area (Å²) in [7, 11) is 0. The highest BCUT2D eigenvalue weighted by atomic mass is 35.5. The van der Waals surface area contributed by atoms with Crippen LogP contribution in [0.25, 0.3) is 5.65 Å². The Morgan fingerprint density at radius 2 is 2.03 bits per heavy atom. The Morgan fingerprint density at radius 1 is 1.24 bits per heavy atom. The largest absolute Gasteiger partial charge is 0.349 e. The minimum Gasteiger partial charge on any atom is -0.349 e. The number of rotatable bonds is 5. The van der Waals surface area contributed by atoms with Crippen LogP contribution in [0.2, 0.25) is 0 Å². The van der Waals surface area contributed by atoms with E-state index < -0.39 is 0 Å². The van der Waals surface area contributed by atoms with Crippen molar-refractivity contribution >= 4 is 48.1 Å². The number of fused-ring (bicyclic) bond motifs is 1. The summed E-state index contributed by atoms with van der Waals surface area (Å²) in [5.74, 6) is 1.29. The molecule has 0 spiro atoms. The molecule has 3 aromatic rings. The first-order valence-electron chi connectivity index (χ1n) is 9.36. The number of piperidine rings is 1. The number of pyridine rings is 1. The number of carbonyl (C=O) groups is 1. The molecular weight excluding hydrogens is 427 g/mol. The number of halogens is 2. The number of imidazole rings is 1. The molecule has 2 atom stereocenters. The maximum atomic E-state index is 12.5. The smallest absolute Gasteiger partial charge is 0.251 e. The Hall–Kier alpha value is -1.73. The van der Waals surface area contributed by atoms with E-state index in [2.05, 4.69) is 28.7 Å². The number of thioether (sulfide) groups is 1. The quantitative estimate of drug-likeness (QED) is 0.569. The van der Waals surface area contributed by atoms with Crippen LogP contribution < -0.4 is 10.6 Å². The number of benzene rings is 1. The zero-order valence-electron chi connectivity index (χ0n) is 16.2. The van der Waals surface area contributed by atoms with E-state index in [9.17, 15) is 4.79 Å². The summed E-state index contributed by atoms with van der Waals surface area (Å²) in [6, 6.07) is 14.1. The molecule has 0 bridgehead atoms. The molecule has 1 saturated heterocycles. The van der Waals surface area contributed by atoms with Crippen molar-refractivity contribution in [2.45, 2.75) is 30.0 Å². The van der Waals surface area contributed by atoms with Crippen LogP contribution in [0.4, 0.5) is 0 Å². The summed E-state index contributed by atoms with van der Waals surface area (Å²) in [4.78, 5) is 18.3. The second-order valence-electron chi connectivity index (χ2n) is 7.06. The second-order valence-corrected chi connectivity index (χ2v) is 8.11. The number of aromatic nitrogens is 2. The van der Waals surface area contributed by atoms with E-state index >= 15 is 0 Å². The molecule has 156 valence electrons. The third-order valence-corrected chi connectivity index (χ3v) is 6.06. The predicted molar refractivity (Wildman–Crippen MR) is 124 cm³/mol. The summed E-state index contributed by atoms with van der Waals surface area (Å²) in [5, 5.41) is 6.54. The van der Waals surface area contributed by atoms with Crippen molar-refractivity contribution < 1.29 is 4.79 Å². The van der Waals surface area contributed by atoms with Gasteiger partial charge in [-0.1, -0.05) is 13.0 Å². The number of hydrogen-bond donors (Lipinski definition) is 2. The molecule has 0 radical (unpaired) electrons. The molecule has 0 aliphatic carbocycles. The van der Waals surface area contributed by atoms with Crippen LogP contribution in [0.15, 0.2) is 59.8 Å². The van der Waals surface area contributed by atoms with Gasteiger partial charge in [0.05, 0.1) is 5.69 Å². The Balaban J connectivity index is 0.00000150. The van der Waals surface area contributed by atoms with E-state index in [0.29, 0.717) is 5.92 Å². The lowest BCUT2D eigenvalue weighted by Gasteiger charge is -2.30. The molecule has 5 nitrogen and oxygen atoms in total. The van der Waals surface area contributed by atoms with Crippen LogP contribution in [0.5, 0.6) is 0 Å². The van der Waals surface area contributed by atoms with Gasteiger partial charge in [-0.05, 0) is 61.8 Å². The van der Waals surface area contributed by atoms with Gasteiger partial charge >= 0.3 is 0 Å². The predicted octanol–water partition coefficient (Wildman–Crippen LogP) is 4.20. The first kappa shape index (κ1) is 23.5. The third-order valence-electron chi connectivity index (χ3n) is 5.02. The van der Waals surface area contributed by atoms with Crippen molar-refractivity contribution in [2.75, 3.05) is 13.1 Å². The molecule has 8 heteroatoms. The summed E-state index contributed by atoms with van der Waals surface area (Å²) in [6.07, 6.45) is 5.05. The van der Waals surface area contributed by atoms with E-state index in [4.69, 9.17) is 0 Å². The molecule has 2 N–H and O–H groups in total. The lowest BCUT2D eigenvalue weighted by Crippen LogP contribution is -2.48. The molecule has 29 heavy (non-hydrogen) atoms. The van der Waals surface area contributed by atoms with Gasteiger partial charge in [-0.3, -0.25) is 4.79 Å². The van der Waals surface area contributed by atoms with Gasteiger partial charge in [-0.15, -0.1) is 36.6 Å². The molecule has 2 unspecified atom stereocenters. The van der Waals surface area contributed by atoms with Crippen molar-refractivity contribution in [3.05, 3.63) is 66.1 Å². The molecule has 1 fully saturated rings. The van der Waals surface area contributed by atoms with Crippen LogP contribution in [-0.2, 0) is 5.75 Å². The van der Waals surface area contributed by atoms with Crippen molar-refractivity contribution in [1.29, 1.82) is 0 Å². The lowest BCUT2D eigenvalue weighted by atomic mass is 9.95. The van der Waals surface area contributed by atoms with Crippen LogP contribution in [0.3, 0.4) is 0 Å². The normalized spacial score (nSPS) is 18.5. The van der Waals surface area contributed by atoms with Crippen LogP contribution in [0, 0.1) is 5.92 Å². The molecule has 4 rings (SSSR count). The van der Waals surface area contributed by atoms with Crippen LogP contribution in [0.1, 0.15) is 29.4 Å². The molecule has 2 aromatic heterocycles. The maximum absolute atomic E-state index is 12.5. The standard InChI is InChI=1S/C21H24N4OS.2ClH/c1-15-12-22-10-9-19(15)24-21(26)16-5-7-18(8-6-16)27-14-17-13-25-11-3-2-4-20(25)23-17;;/h2-8,11,13,15,19,22H,9-10,12,14H2,1H3,(H,24,26);2*1H. The van der Waals surface area contributed by atoms with Gasteiger partial charge in [0.15, 0.2) is 0 Å². The summed E-state index contributed by atoms with van der Waals surface area (Å²) in [6.45, 7) is 4.10. The summed E-state index contributed by atoms with van der Waals surface area (Å²) in [5.41, 5.74) is 2.73. The Bertz CT molecular complexity index is 899. The maximum Gasteiger partial charge on any atom is 0.251 e. The van der Waals surface area contributed by atoms with Gasteiger partial charge in [0, 0.05) is 34.6 Å². The van der Waals surface area contributed by atoms with E-state index in [1.807, 2.05) is 53.1 Å². The van der Waals surface area contributed by atoms with Crippen LogP contribution >= 0.6 is 36.6 Å². The first-order chi connectivity index (χ1) is 13.2. The average Bonchev–Trinajstić information content (AvgIpc) is 3.11. The SMILES string of the molecule is CC1CNCCC1NC(=O)c1ccc(SCc2cn3ccccc3n2)cc1.Cl.Cl. The minimum absolute atomic E-state index is 0. The fourth-order valence-corrected chi connectivity index (χ4v) is 4.18. The van der Waals surface area contributed by atoms with Crippen LogP contribution in [-0.4, -0.2) is 34.4 Å². The van der Waals surface area contributed by atoms with E-state index in [0.717, 1.165) is 47.1 Å². The van der Waals surface area contributed by atoms with Gasteiger partial charge in [-0.2, -0.15) is 0 Å². The van der Waals surface area contributed by atoms with E-state index in [1.54, 1.807) is 11.8 Å². The topological polar surface area (TPSA) is 58.4 Å². The van der Waals surface area contributed by atoms with Crippen molar-refractivity contribution in [1.82, 2.24) is 20.0 Å². The molecular formula is C21H26Cl2N4OS. The van der Waals surface area contributed by atoms with Crippen molar-refractivity contribution in [2.24, 2.45) is 5.92 Å². The molecule has 0 saturated carbocycles. The van der Waals surface area contributed by atoms with Gasteiger partial charge in [-0.25, -0.2) is 4.98 Å². The van der Waals surface area contributed by atoms with Crippen molar-refractivity contribution in [3.8, 4) is 0 Å². The second kappa shape index (κ2) is 10.9. The van der Waals surface area contributed by atoms with Gasteiger partial charge in [0.2, 0.25) is 0 Å². The molecule has 1 amide bonds. The average molecular weight is 453 g/mol. The number of amides is 1. The molecule has 1 aliphatic heterocycles. The Labute approximate surface area is 187 Å². The first-order valence-corrected chi connectivity index (χ1v) is 10.3. The third kappa shape index (κ3) is 5.89. The number of nitrogens with one attached hydrogen (secondary N) is 2. The monoisotopic (exact) mass is 452 g/mol. The highest BCUT2D eigenvalue weighted by Gasteiger charge is 2.22. The minimum atomic E-state index is 0. The van der Waals surface area contributed by atoms with Gasteiger partial charge in [0.25, 0.3) is 5.91 Å². The summed E-state index contributed by atoms with van der Waals surface area (Å²) >= 11 is 1.73. The van der Waals surface area contributed by atoms with E-state index in [1.165, 1.54) is 0 Å². The fraction of sp³-hybridized carbons (Fsp3) is 0.333. The van der Waals surface area contributed by atoms with Gasteiger partial charge < -0.3 is 15.0 Å². The zero-order chi connectivity index (χ0) is 18.6. The number of hydrogen-bond acceptors (Lipinski definition) is 4.